The molecule has 57 heavy (non-hydrogen) atoms. The van der Waals surface area contributed by atoms with Gasteiger partial charge in [-0.3, -0.25) is 0 Å². The molecule has 0 aliphatic carbocycles. The first kappa shape index (κ1) is 46.8. The van der Waals surface area contributed by atoms with Crippen LogP contribution in [0.4, 0.5) is 10.1 Å². The Morgan fingerprint density at radius 1 is 0.930 bits per heavy atom. The number of hydrogen-bond acceptors (Lipinski definition) is 10. The molecule has 1 aliphatic heterocycles. The molecule has 0 radical (unpaired) electrons. The largest absolute Gasteiger partial charge is 0.397 e. The number of aromatic nitrogens is 2. The lowest BCUT2D eigenvalue weighted by Gasteiger charge is -2.25. The first-order valence-corrected chi connectivity index (χ1v) is 23.6. The number of unbranched alkanes of at least 4 members (excludes halogenated alkanes) is 16. The van der Waals surface area contributed by atoms with Gasteiger partial charge in [0.15, 0.2) is 0 Å². The van der Waals surface area contributed by atoms with E-state index in [1.54, 1.807) is 24.3 Å². The monoisotopic (exact) mass is 829 g/mol. The van der Waals surface area contributed by atoms with Gasteiger partial charge in [-0.2, -0.15) is 15.6 Å². The van der Waals surface area contributed by atoms with Crippen molar-refractivity contribution in [1.29, 1.82) is 10.5 Å². The Morgan fingerprint density at radius 3 is 2.12 bits per heavy atom. The van der Waals surface area contributed by atoms with Gasteiger partial charge in [0, 0.05) is 6.20 Å². The van der Waals surface area contributed by atoms with Crippen molar-refractivity contribution in [2.45, 2.75) is 159 Å². The number of nitriles is 2. The molecule has 0 spiro atoms. The van der Waals surface area contributed by atoms with Crippen molar-refractivity contribution >= 4 is 27.0 Å². The second kappa shape index (κ2) is 24.2. The third-order valence-electron chi connectivity index (χ3n) is 10.7. The maximum absolute atomic E-state index is 14.3. The summed E-state index contributed by atoms with van der Waals surface area (Å²) in [5, 5.41) is 45.5. The van der Waals surface area contributed by atoms with Crippen molar-refractivity contribution in [3.63, 3.8) is 0 Å². The Morgan fingerprint density at radius 2 is 1.54 bits per heavy atom. The summed E-state index contributed by atoms with van der Waals surface area (Å²) in [4.78, 5) is 11.1. The van der Waals surface area contributed by atoms with Crippen LogP contribution in [0.15, 0.2) is 42.6 Å². The zero-order valence-corrected chi connectivity index (χ0v) is 35.3. The maximum Gasteiger partial charge on any atom is 0.274 e. The van der Waals surface area contributed by atoms with Crippen LogP contribution < -0.4 is 5.73 Å². The molecule has 3 aromatic rings. The fourth-order valence-electron chi connectivity index (χ4n) is 7.30. The summed E-state index contributed by atoms with van der Waals surface area (Å²) >= 11 is 0. The van der Waals surface area contributed by atoms with Crippen LogP contribution in [0.5, 0.6) is 0 Å². The molecule has 2 aromatic heterocycles. The van der Waals surface area contributed by atoms with Gasteiger partial charge in [-0.25, -0.2) is 8.91 Å². The molecule has 3 heterocycles. The normalized spacial score (nSPS) is 21.0. The summed E-state index contributed by atoms with van der Waals surface area (Å²) in [5.41, 5.74) is 5.63. The number of rotatable bonds is 28. The second-order valence-corrected chi connectivity index (χ2v) is 18.4. The molecular formula is C42H62FN5O7P2. The molecule has 5 N–H and O–H groups in total. The van der Waals surface area contributed by atoms with Crippen LogP contribution >= 0.6 is 15.8 Å². The van der Waals surface area contributed by atoms with E-state index in [1.807, 2.05) is 12.1 Å². The molecule has 1 saturated heterocycles. The topological polar surface area (TPSA) is 189 Å². The van der Waals surface area contributed by atoms with Gasteiger partial charge in [0.25, 0.3) is 7.23 Å². The molecule has 1 unspecified atom stereocenters. The SMILES string of the molecule is CCCCCCCCCCCCCCCCCCC[C@H](COP(O)(=P)OC[C@H]1O[C@@](C#N)(c2ccc3c(N)ccnn23)[C@H](O)[C@@H]1O)OCc1ccc(C#N)c(F)c1. The van der Waals surface area contributed by atoms with Gasteiger partial charge in [0.1, 0.15) is 36.3 Å². The minimum Gasteiger partial charge on any atom is -0.397 e. The molecule has 314 valence electrons. The molecule has 0 amide bonds. The summed E-state index contributed by atoms with van der Waals surface area (Å²) < 4.78 is 39.2. The molecule has 0 bridgehead atoms. The Bertz CT molecular complexity index is 1800. The lowest BCUT2D eigenvalue weighted by Crippen LogP contribution is -2.41. The molecule has 0 saturated carbocycles. The van der Waals surface area contributed by atoms with Crippen LogP contribution in [0.1, 0.15) is 139 Å². The third-order valence-corrected chi connectivity index (χ3v) is 12.5. The number of nitrogens with two attached hydrogens (primary N) is 1. The smallest absolute Gasteiger partial charge is 0.274 e. The molecule has 15 heteroatoms. The van der Waals surface area contributed by atoms with E-state index in [4.69, 9.17) is 29.5 Å². The average Bonchev–Trinajstić information content (AvgIpc) is 3.75. The number of anilines is 1. The van der Waals surface area contributed by atoms with E-state index < -0.39 is 49.7 Å². The molecule has 1 fully saturated rings. The van der Waals surface area contributed by atoms with Gasteiger partial charge in [0.2, 0.25) is 5.60 Å². The van der Waals surface area contributed by atoms with Crippen molar-refractivity contribution in [2.75, 3.05) is 18.9 Å². The summed E-state index contributed by atoms with van der Waals surface area (Å²) in [6, 6.07) is 12.9. The van der Waals surface area contributed by atoms with E-state index in [1.165, 1.54) is 113 Å². The molecule has 4 rings (SSSR count). The summed E-state index contributed by atoms with van der Waals surface area (Å²) in [6.07, 6.45) is 18.7. The first-order chi connectivity index (χ1) is 27.5. The Hall–Kier alpha value is -2.93. The zero-order chi connectivity index (χ0) is 41.1. The predicted molar refractivity (Wildman–Crippen MR) is 222 cm³/mol. The van der Waals surface area contributed by atoms with E-state index in [9.17, 15) is 24.8 Å². The first-order valence-electron chi connectivity index (χ1n) is 20.7. The van der Waals surface area contributed by atoms with E-state index in [0.29, 0.717) is 23.2 Å². The summed E-state index contributed by atoms with van der Waals surface area (Å²) in [6.45, 7) is 1.84. The lowest BCUT2D eigenvalue weighted by molar-refractivity contribution is -0.0637. The van der Waals surface area contributed by atoms with Crippen molar-refractivity contribution < 1.29 is 38.0 Å². The van der Waals surface area contributed by atoms with Gasteiger partial charge < -0.3 is 39.4 Å². The quantitative estimate of drug-likeness (QED) is 0.0403. The maximum atomic E-state index is 14.3. The minimum atomic E-state index is -3.70. The van der Waals surface area contributed by atoms with Crippen molar-refractivity contribution in [3.05, 3.63) is 65.2 Å². The number of fused-ring (bicyclic) bond motifs is 1. The van der Waals surface area contributed by atoms with Crippen LogP contribution in [0.3, 0.4) is 0 Å². The van der Waals surface area contributed by atoms with Gasteiger partial charge in [-0.05, 0) is 50.8 Å². The fourth-order valence-corrected chi connectivity index (χ4v) is 8.53. The van der Waals surface area contributed by atoms with Crippen LogP contribution in [-0.2, 0) is 30.7 Å². The Kier molecular flexibility index (Phi) is 19.9. The third kappa shape index (κ3) is 14.1. The molecule has 6 atom stereocenters. The average molecular weight is 830 g/mol. The van der Waals surface area contributed by atoms with E-state index >= 15 is 0 Å². The van der Waals surface area contributed by atoms with Crippen molar-refractivity contribution in [1.82, 2.24) is 9.61 Å². The molecular weight excluding hydrogens is 767 g/mol. The molecule has 1 aromatic carbocycles. The number of nitrogens with zero attached hydrogens (tertiary/aromatic N) is 4. The molecule has 12 nitrogen and oxygen atoms in total. The highest BCUT2D eigenvalue weighted by atomic mass is 31.8. The number of aliphatic hydroxyl groups excluding tert-OH is 2. The van der Waals surface area contributed by atoms with E-state index in [2.05, 4.69) is 20.5 Å². The number of halogens is 1. The van der Waals surface area contributed by atoms with Crippen LogP contribution in [0.2, 0.25) is 0 Å². The second-order valence-electron chi connectivity index (χ2n) is 15.2. The lowest BCUT2D eigenvalue weighted by atomic mass is 9.92. The Balaban J connectivity index is 1.21. The number of ether oxygens (including phenoxy) is 2. The van der Waals surface area contributed by atoms with Crippen molar-refractivity contribution in [3.8, 4) is 12.1 Å². The number of hydrogen-bond donors (Lipinski definition) is 4. The predicted octanol–water partition coefficient (Wildman–Crippen LogP) is 9.24. The highest BCUT2D eigenvalue weighted by Crippen LogP contribution is 2.51. The van der Waals surface area contributed by atoms with E-state index in [-0.39, 0.29) is 24.5 Å². The van der Waals surface area contributed by atoms with Crippen LogP contribution in [-0.4, -0.2) is 62.4 Å². The Labute approximate surface area is 339 Å². The van der Waals surface area contributed by atoms with Gasteiger partial charge >= 0.3 is 0 Å². The summed E-state index contributed by atoms with van der Waals surface area (Å²) in [5.74, 6) is -0.624. The number of nitrogen functional groups attached to an aromatic ring is 1. The van der Waals surface area contributed by atoms with E-state index in [0.717, 1.165) is 19.3 Å². The minimum absolute atomic E-state index is 0.0488. The highest BCUT2D eigenvalue weighted by molar-refractivity contribution is 7.88. The number of benzene rings is 1. The van der Waals surface area contributed by atoms with Gasteiger partial charge in [-0.1, -0.05) is 122 Å². The fraction of sp³-hybridized carbons (Fsp3) is 0.643. The van der Waals surface area contributed by atoms with Gasteiger partial charge in [-0.15, -0.1) is 0 Å². The highest BCUT2D eigenvalue weighted by Gasteiger charge is 2.57. The standard InChI is InChI=1S/C42H62FN5O7P2/c1-2-3-4-5-6-7-8-9-10-11-12-13-14-15-16-17-18-19-34(52-28-32-20-21-33(27-44)35(43)26-32)29-53-57(51,56)54-30-38-40(49)41(50)42(31-45,55-38)39-23-22-37-36(46)24-25-47-48(37)39/h20-26,34,38,40-41,49-51,56H,2-19,28-30,46H2,1H3/t34-,38-,40-,41-,42+,57?/m1/s1. The van der Waals surface area contributed by atoms with Crippen molar-refractivity contribution in [2.24, 2.45) is 0 Å². The van der Waals surface area contributed by atoms with Crippen LogP contribution in [0, 0.1) is 28.5 Å². The number of aliphatic hydroxyl groups is 2. The zero-order valence-electron chi connectivity index (χ0n) is 33.4. The van der Waals surface area contributed by atoms with Gasteiger partial charge in [0.05, 0.1) is 48.4 Å². The molecule has 1 aliphatic rings. The summed E-state index contributed by atoms with van der Waals surface area (Å²) in [7, 11) is -0.491. The van der Waals surface area contributed by atoms with Crippen LogP contribution in [0.25, 0.3) is 5.52 Å².